The molecule has 3 aromatic carbocycles. The van der Waals surface area contributed by atoms with Gasteiger partial charge < -0.3 is 14.9 Å². The van der Waals surface area contributed by atoms with Crippen LogP contribution in [-0.2, 0) is 11.3 Å². The van der Waals surface area contributed by atoms with Gasteiger partial charge in [-0.2, -0.15) is 0 Å². The van der Waals surface area contributed by atoms with E-state index in [0.717, 1.165) is 45.2 Å². The van der Waals surface area contributed by atoms with Crippen molar-refractivity contribution < 1.29 is 18.9 Å². The number of pyridine rings is 1. The second-order valence-electron chi connectivity index (χ2n) is 9.83. The summed E-state index contributed by atoms with van der Waals surface area (Å²) < 4.78 is 11.9. The lowest BCUT2D eigenvalue weighted by Crippen LogP contribution is -2.52. The zero-order valence-electron chi connectivity index (χ0n) is 21.0. The lowest BCUT2D eigenvalue weighted by molar-refractivity contribution is -0.384. The topological polar surface area (TPSA) is 125 Å². The molecule has 0 spiro atoms. The minimum absolute atomic E-state index is 0.0817. The van der Waals surface area contributed by atoms with Crippen LogP contribution in [0.3, 0.4) is 0 Å². The number of esters is 1. The van der Waals surface area contributed by atoms with E-state index in [1.54, 1.807) is 0 Å². The van der Waals surface area contributed by atoms with Gasteiger partial charge in [0.15, 0.2) is 0 Å². The predicted molar refractivity (Wildman–Crippen MR) is 147 cm³/mol. The maximum Gasteiger partial charge on any atom is 0.338 e. The molecule has 0 aliphatic carbocycles. The van der Waals surface area contributed by atoms with Gasteiger partial charge in [0.2, 0.25) is 0 Å². The highest BCUT2D eigenvalue weighted by atomic mass is 16.6. The summed E-state index contributed by atoms with van der Waals surface area (Å²) in [7, 11) is 0. The summed E-state index contributed by atoms with van der Waals surface area (Å²) in [5, 5.41) is 14.0. The number of benzene rings is 3. The first-order valence-corrected chi connectivity index (χ1v) is 12.7. The van der Waals surface area contributed by atoms with E-state index in [2.05, 4.69) is 28.1 Å². The number of aromatic nitrogens is 1. The highest BCUT2D eigenvalue weighted by Gasteiger charge is 2.30. The highest BCUT2D eigenvalue weighted by Crippen LogP contribution is 2.33. The third-order valence-electron chi connectivity index (χ3n) is 7.19. The number of likely N-dealkylation sites (tertiary alicyclic amines) is 1. The number of nitrogens with zero attached hydrogens (tertiary/aromatic N) is 3. The smallest absolute Gasteiger partial charge is 0.338 e. The molecule has 1 aliphatic heterocycles. The molecule has 2 aromatic heterocycles. The Hall–Kier alpha value is -4.60. The van der Waals surface area contributed by atoms with E-state index in [9.17, 15) is 14.9 Å². The van der Waals surface area contributed by atoms with Gasteiger partial charge in [-0.15, -0.1) is 0 Å². The molecule has 1 saturated heterocycles. The molecule has 5 aromatic rings. The quantitative estimate of drug-likeness (QED) is 0.181. The summed E-state index contributed by atoms with van der Waals surface area (Å²) in [5.41, 5.74) is 9.36. The van der Waals surface area contributed by atoms with Crippen LogP contribution < -0.4 is 5.73 Å². The Balaban J connectivity index is 1.19. The van der Waals surface area contributed by atoms with Crippen LogP contribution in [0.15, 0.2) is 89.6 Å². The van der Waals surface area contributed by atoms with Crippen LogP contribution in [0, 0.1) is 10.1 Å². The summed E-state index contributed by atoms with van der Waals surface area (Å²) in [5.74, 6) is 0.231. The van der Waals surface area contributed by atoms with E-state index in [-0.39, 0.29) is 17.3 Å². The van der Waals surface area contributed by atoms with Gasteiger partial charge in [0.05, 0.1) is 10.5 Å². The van der Waals surface area contributed by atoms with Crippen LogP contribution in [-0.4, -0.2) is 46.0 Å². The van der Waals surface area contributed by atoms with Crippen LogP contribution in [0.2, 0.25) is 0 Å². The Labute approximate surface area is 223 Å². The molecule has 3 heterocycles. The van der Waals surface area contributed by atoms with E-state index in [1.807, 2.05) is 42.7 Å². The second kappa shape index (κ2) is 10.3. The van der Waals surface area contributed by atoms with E-state index in [1.165, 1.54) is 24.3 Å². The number of rotatable bonds is 6. The number of nitro benzene ring substituents is 1. The molecule has 2 N–H and O–H groups in total. The number of fused-ring (bicyclic) bond motifs is 2. The molecule has 0 radical (unpaired) electrons. The Kier molecular flexibility index (Phi) is 6.52. The van der Waals surface area contributed by atoms with Crippen molar-refractivity contribution >= 4 is 33.4 Å². The number of nitro groups is 1. The number of carbonyl (C=O) groups is 1. The van der Waals surface area contributed by atoms with Gasteiger partial charge >= 0.3 is 5.97 Å². The van der Waals surface area contributed by atoms with Crippen LogP contribution in [0.25, 0.3) is 33.1 Å². The molecule has 0 saturated carbocycles. The standard InChI is InChI=1S/C30H26N4O5/c31-26-11-12-33(18-29(26)39-30(35)20-7-9-23(10-8-20)34(36)37)17-19-5-6-22-15-32-16-25(24(22)13-19)28-14-21-3-1-2-4-27(21)38-28/h1-10,13-16,26,29H,11-12,17-18,31H2. The lowest BCUT2D eigenvalue weighted by atomic mass is 10.00. The van der Waals surface area contributed by atoms with Gasteiger partial charge in [0.1, 0.15) is 17.4 Å². The summed E-state index contributed by atoms with van der Waals surface area (Å²) in [6, 6.07) is 21.4. The number of ether oxygens (including phenoxy) is 1. The maximum atomic E-state index is 12.7. The summed E-state index contributed by atoms with van der Waals surface area (Å²) in [6.45, 7) is 1.93. The fraction of sp³-hybridized carbons (Fsp3) is 0.200. The fourth-order valence-electron chi connectivity index (χ4n) is 5.07. The number of para-hydroxylation sites is 1. The Bertz CT molecular complexity index is 1650. The van der Waals surface area contributed by atoms with Crippen molar-refractivity contribution in [3.05, 3.63) is 106 Å². The Morgan fingerprint density at radius 3 is 2.69 bits per heavy atom. The van der Waals surface area contributed by atoms with Crippen LogP contribution >= 0.6 is 0 Å². The minimum atomic E-state index is -0.541. The third-order valence-corrected chi connectivity index (χ3v) is 7.19. The monoisotopic (exact) mass is 522 g/mol. The largest absolute Gasteiger partial charge is 0.456 e. The Morgan fingerprint density at radius 2 is 1.90 bits per heavy atom. The predicted octanol–water partition coefficient (Wildman–Crippen LogP) is 5.31. The van der Waals surface area contributed by atoms with Crippen molar-refractivity contribution in [3.8, 4) is 11.3 Å². The first-order valence-electron chi connectivity index (χ1n) is 12.7. The Morgan fingerprint density at radius 1 is 1.08 bits per heavy atom. The van der Waals surface area contributed by atoms with E-state index in [0.29, 0.717) is 19.5 Å². The molecule has 9 nitrogen and oxygen atoms in total. The van der Waals surface area contributed by atoms with E-state index < -0.39 is 17.0 Å². The van der Waals surface area contributed by atoms with Crippen LogP contribution in [0.4, 0.5) is 5.69 Å². The van der Waals surface area contributed by atoms with Gasteiger partial charge in [0, 0.05) is 66.5 Å². The molecule has 2 atom stereocenters. The summed E-state index contributed by atoms with van der Waals surface area (Å²) >= 11 is 0. The number of furan rings is 1. The first-order chi connectivity index (χ1) is 18.9. The zero-order valence-corrected chi connectivity index (χ0v) is 21.0. The van der Waals surface area contributed by atoms with Gasteiger partial charge in [-0.05, 0) is 47.7 Å². The molecular weight excluding hydrogens is 496 g/mol. The van der Waals surface area contributed by atoms with Crippen molar-refractivity contribution in [3.63, 3.8) is 0 Å². The molecular formula is C30H26N4O5. The van der Waals surface area contributed by atoms with Gasteiger partial charge in [-0.1, -0.05) is 30.3 Å². The highest BCUT2D eigenvalue weighted by molar-refractivity contribution is 5.97. The van der Waals surface area contributed by atoms with E-state index in [4.69, 9.17) is 14.9 Å². The zero-order chi connectivity index (χ0) is 26.9. The van der Waals surface area contributed by atoms with Crippen molar-refractivity contribution in [2.45, 2.75) is 25.1 Å². The first kappa shape index (κ1) is 24.7. The van der Waals surface area contributed by atoms with Crippen molar-refractivity contribution in [2.75, 3.05) is 13.1 Å². The van der Waals surface area contributed by atoms with Crippen molar-refractivity contribution in [2.24, 2.45) is 5.73 Å². The number of carbonyl (C=O) groups excluding carboxylic acids is 1. The number of non-ortho nitro benzene ring substituents is 1. The number of piperidine rings is 1. The molecule has 1 aliphatic rings. The third kappa shape index (κ3) is 5.09. The molecule has 1 fully saturated rings. The summed E-state index contributed by atoms with van der Waals surface area (Å²) in [6.07, 6.45) is 3.87. The molecule has 39 heavy (non-hydrogen) atoms. The molecule has 2 unspecified atom stereocenters. The average Bonchev–Trinajstić information content (AvgIpc) is 3.39. The summed E-state index contributed by atoms with van der Waals surface area (Å²) in [4.78, 5) is 29.7. The van der Waals surface area contributed by atoms with E-state index >= 15 is 0 Å². The normalized spacial score (nSPS) is 17.9. The molecule has 9 heteroatoms. The van der Waals surface area contributed by atoms with Gasteiger partial charge in [0.25, 0.3) is 5.69 Å². The maximum absolute atomic E-state index is 12.7. The molecule has 6 rings (SSSR count). The van der Waals surface area contributed by atoms with Gasteiger partial charge in [-0.25, -0.2) is 4.79 Å². The fourth-order valence-corrected chi connectivity index (χ4v) is 5.07. The number of hydrogen-bond acceptors (Lipinski definition) is 8. The van der Waals surface area contributed by atoms with Crippen molar-refractivity contribution in [1.82, 2.24) is 9.88 Å². The van der Waals surface area contributed by atoms with Crippen LogP contribution in [0.5, 0.6) is 0 Å². The lowest BCUT2D eigenvalue weighted by Gasteiger charge is -2.36. The number of nitrogens with two attached hydrogens (primary N) is 1. The van der Waals surface area contributed by atoms with Crippen molar-refractivity contribution in [1.29, 1.82) is 0 Å². The number of hydrogen-bond donors (Lipinski definition) is 1. The van der Waals surface area contributed by atoms with Gasteiger partial charge in [-0.3, -0.25) is 20.0 Å². The van der Waals surface area contributed by atoms with Crippen LogP contribution in [0.1, 0.15) is 22.3 Å². The minimum Gasteiger partial charge on any atom is -0.456 e. The molecule has 196 valence electrons. The molecule has 0 amide bonds. The second-order valence-corrected chi connectivity index (χ2v) is 9.83. The molecule has 0 bridgehead atoms. The SMILES string of the molecule is NC1CCN(Cc2ccc3cncc(-c4cc5ccccc5o4)c3c2)CC1OC(=O)c1ccc([N+](=O)[O-])cc1. The average molecular weight is 523 g/mol.